The molecular weight excluding hydrogens is 492 g/mol. The van der Waals surface area contributed by atoms with Crippen molar-refractivity contribution in [2.75, 3.05) is 7.11 Å². The summed E-state index contributed by atoms with van der Waals surface area (Å²) in [6.07, 6.45) is 2.92. The minimum absolute atomic E-state index is 0.186. The second kappa shape index (κ2) is 9.46. The van der Waals surface area contributed by atoms with Crippen LogP contribution >= 0.6 is 27.3 Å². The van der Waals surface area contributed by atoms with E-state index in [1.54, 1.807) is 13.2 Å². The Kier molecular flexibility index (Phi) is 6.48. The molecule has 9 heteroatoms. The normalized spacial score (nSPS) is 11.2. The molecule has 2 aromatic heterocycles. The summed E-state index contributed by atoms with van der Waals surface area (Å²) < 4.78 is 7.27. The fourth-order valence-corrected chi connectivity index (χ4v) is 4.90. The Morgan fingerprint density at radius 1 is 1.28 bits per heavy atom. The van der Waals surface area contributed by atoms with E-state index in [0.717, 1.165) is 26.0 Å². The molecule has 4 rings (SSSR count). The average molecular weight is 511 g/mol. The molecule has 0 atom stereocenters. The first kappa shape index (κ1) is 21.9. The molecule has 162 valence electrons. The third-order valence-electron chi connectivity index (χ3n) is 4.81. The number of aromatic nitrogens is 2. The van der Waals surface area contributed by atoms with E-state index in [0.29, 0.717) is 16.0 Å². The SMILES string of the molecule is COc1ccc(C=NNC(=O)Cn2cnc3sc(C)c(-c4ccccc4)c3c2=O)cc1Br. The molecular formula is C23H19BrN4O3S. The van der Waals surface area contributed by atoms with Gasteiger partial charge in [0.1, 0.15) is 17.1 Å². The zero-order valence-electron chi connectivity index (χ0n) is 17.3. The summed E-state index contributed by atoms with van der Waals surface area (Å²) in [5, 5.41) is 4.50. The van der Waals surface area contributed by atoms with Gasteiger partial charge in [0.05, 0.1) is 29.5 Å². The molecule has 0 unspecified atom stereocenters. The van der Waals surface area contributed by atoms with Crippen LogP contribution in [0, 0.1) is 6.92 Å². The van der Waals surface area contributed by atoms with E-state index in [-0.39, 0.29) is 12.1 Å². The lowest BCUT2D eigenvalue weighted by atomic mass is 10.0. The van der Waals surface area contributed by atoms with Gasteiger partial charge in [-0.2, -0.15) is 5.10 Å². The number of methoxy groups -OCH3 is 1. The number of amides is 1. The van der Waals surface area contributed by atoms with E-state index in [1.165, 1.54) is 28.4 Å². The van der Waals surface area contributed by atoms with Crippen LogP contribution in [0.2, 0.25) is 0 Å². The molecule has 1 amide bonds. The van der Waals surface area contributed by atoms with Crippen molar-refractivity contribution in [1.29, 1.82) is 0 Å². The van der Waals surface area contributed by atoms with Crippen LogP contribution in [0.5, 0.6) is 5.75 Å². The number of ether oxygens (including phenoxy) is 1. The van der Waals surface area contributed by atoms with Crippen molar-refractivity contribution in [1.82, 2.24) is 15.0 Å². The molecule has 2 heterocycles. The lowest BCUT2D eigenvalue weighted by Gasteiger charge is -2.06. The smallest absolute Gasteiger partial charge is 0.263 e. The average Bonchev–Trinajstić information content (AvgIpc) is 3.13. The van der Waals surface area contributed by atoms with Gasteiger partial charge in [0.25, 0.3) is 11.5 Å². The van der Waals surface area contributed by atoms with Crippen molar-refractivity contribution in [3.63, 3.8) is 0 Å². The maximum Gasteiger partial charge on any atom is 0.263 e. The lowest BCUT2D eigenvalue weighted by molar-refractivity contribution is -0.121. The number of hydrogen-bond acceptors (Lipinski definition) is 6. The number of benzene rings is 2. The number of carbonyl (C=O) groups is 1. The third kappa shape index (κ3) is 4.49. The van der Waals surface area contributed by atoms with Crippen molar-refractivity contribution < 1.29 is 9.53 Å². The molecule has 1 N–H and O–H groups in total. The van der Waals surface area contributed by atoms with Gasteiger partial charge in [0.15, 0.2) is 0 Å². The van der Waals surface area contributed by atoms with Crippen molar-refractivity contribution >= 4 is 49.6 Å². The number of nitrogens with zero attached hydrogens (tertiary/aromatic N) is 3. The molecule has 7 nitrogen and oxygen atoms in total. The van der Waals surface area contributed by atoms with Crippen LogP contribution in [0.1, 0.15) is 10.4 Å². The van der Waals surface area contributed by atoms with E-state index in [9.17, 15) is 9.59 Å². The third-order valence-corrected chi connectivity index (χ3v) is 6.44. The summed E-state index contributed by atoms with van der Waals surface area (Å²) in [5.74, 6) is 0.275. The van der Waals surface area contributed by atoms with Gasteiger partial charge in [-0.15, -0.1) is 11.3 Å². The van der Waals surface area contributed by atoms with Gasteiger partial charge in [-0.05, 0) is 52.2 Å². The second-order valence-electron chi connectivity index (χ2n) is 6.94. The summed E-state index contributed by atoms with van der Waals surface area (Å²) in [7, 11) is 1.59. The largest absolute Gasteiger partial charge is 0.496 e. The molecule has 0 aliphatic heterocycles. The number of hydrogen-bond donors (Lipinski definition) is 1. The molecule has 0 saturated carbocycles. The highest BCUT2D eigenvalue weighted by molar-refractivity contribution is 9.10. The van der Waals surface area contributed by atoms with E-state index in [1.807, 2.05) is 49.4 Å². The van der Waals surface area contributed by atoms with Crippen LogP contribution in [-0.4, -0.2) is 28.8 Å². The molecule has 2 aromatic carbocycles. The fraction of sp³-hybridized carbons (Fsp3) is 0.130. The monoisotopic (exact) mass is 510 g/mol. The maximum absolute atomic E-state index is 13.2. The van der Waals surface area contributed by atoms with Gasteiger partial charge >= 0.3 is 0 Å². The summed E-state index contributed by atoms with van der Waals surface area (Å²) in [6, 6.07) is 15.1. The van der Waals surface area contributed by atoms with Crippen molar-refractivity contribution in [3.8, 4) is 16.9 Å². The Morgan fingerprint density at radius 2 is 2.06 bits per heavy atom. The number of halogens is 1. The van der Waals surface area contributed by atoms with Crippen LogP contribution in [0.3, 0.4) is 0 Å². The summed E-state index contributed by atoms with van der Waals surface area (Å²) >= 11 is 4.88. The predicted molar refractivity (Wildman–Crippen MR) is 130 cm³/mol. The molecule has 0 radical (unpaired) electrons. The molecule has 0 bridgehead atoms. The molecule has 0 saturated heterocycles. The molecule has 32 heavy (non-hydrogen) atoms. The summed E-state index contributed by atoms with van der Waals surface area (Å²) in [4.78, 5) is 31.6. The highest BCUT2D eigenvalue weighted by Gasteiger charge is 2.17. The molecule has 0 aliphatic carbocycles. The number of aryl methyl sites for hydroxylation is 1. The Labute approximate surface area is 196 Å². The van der Waals surface area contributed by atoms with Gasteiger partial charge in [0, 0.05) is 10.4 Å². The van der Waals surface area contributed by atoms with Crippen LogP contribution in [0.25, 0.3) is 21.3 Å². The number of carbonyl (C=O) groups excluding carboxylic acids is 1. The molecule has 0 aliphatic rings. The Hall–Kier alpha value is -3.30. The van der Waals surface area contributed by atoms with E-state index < -0.39 is 5.91 Å². The van der Waals surface area contributed by atoms with Crippen LogP contribution in [0.4, 0.5) is 0 Å². The highest BCUT2D eigenvalue weighted by Crippen LogP contribution is 2.35. The number of hydrazone groups is 1. The lowest BCUT2D eigenvalue weighted by Crippen LogP contribution is -2.30. The first-order chi connectivity index (χ1) is 15.5. The number of rotatable bonds is 6. The highest BCUT2D eigenvalue weighted by atomic mass is 79.9. The second-order valence-corrected chi connectivity index (χ2v) is 9.00. The van der Waals surface area contributed by atoms with Crippen LogP contribution in [0.15, 0.2) is 69.2 Å². The Bertz CT molecular complexity index is 1380. The van der Waals surface area contributed by atoms with E-state index in [2.05, 4.69) is 31.4 Å². The van der Waals surface area contributed by atoms with Gasteiger partial charge in [0.2, 0.25) is 0 Å². The summed E-state index contributed by atoms with van der Waals surface area (Å²) in [5.41, 5.74) is 4.79. The Morgan fingerprint density at radius 3 is 2.78 bits per heavy atom. The first-order valence-corrected chi connectivity index (χ1v) is 11.3. The number of nitrogens with one attached hydrogen (secondary N) is 1. The topological polar surface area (TPSA) is 85.6 Å². The van der Waals surface area contributed by atoms with Crippen molar-refractivity contribution in [2.45, 2.75) is 13.5 Å². The maximum atomic E-state index is 13.2. The van der Waals surface area contributed by atoms with Gasteiger partial charge in [-0.3, -0.25) is 14.2 Å². The number of thiophene rings is 1. The fourth-order valence-electron chi connectivity index (χ4n) is 3.33. The van der Waals surface area contributed by atoms with Crippen LogP contribution < -0.4 is 15.7 Å². The molecule has 4 aromatic rings. The predicted octanol–water partition coefficient (Wildman–Crippen LogP) is 4.35. The van der Waals surface area contributed by atoms with E-state index in [4.69, 9.17) is 4.74 Å². The van der Waals surface area contributed by atoms with Gasteiger partial charge in [-0.1, -0.05) is 30.3 Å². The first-order valence-electron chi connectivity index (χ1n) is 9.67. The van der Waals surface area contributed by atoms with Gasteiger partial charge < -0.3 is 4.74 Å². The zero-order chi connectivity index (χ0) is 22.7. The summed E-state index contributed by atoms with van der Waals surface area (Å²) in [6.45, 7) is 1.78. The quantitative estimate of drug-likeness (QED) is 0.308. The minimum Gasteiger partial charge on any atom is -0.496 e. The molecule has 0 spiro atoms. The zero-order valence-corrected chi connectivity index (χ0v) is 19.7. The standard InChI is InChI=1S/C23H19BrN4O3S/c1-14-20(16-6-4-3-5-7-16)21-22(32-14)25-13-28(23(21)30)12-19(29)27-26-11-15-8-9-18(31-2)17(24)10-15/h3-11,13H,12H2,1-2H3,(H,27,29). The van der Waals surface area contributed by atoms with Crippen molar-refractivity contribution in [2.24, 2.45) is 5.10 Å². The van der Waals surface area contributed by atoms with E-state index >= 15 is 0 Å². The van der Waals surface area contributed by atoms with Crippen molar-refractivity contribution in [3.05, 3.63) is 80.1 Å². The van der Waals surface area contributed by atoms with Gasteiger partial charge in [-0.25, -0.2) is 10.4 Å². The van der Waals surface area contributed by atoms with Crippen LogP contribution in [-0.2, 0) is 11.3 Å². The number of fused-ring (bicyclic) bond motifs is 1. The Balaban J connectivity index is 1.54. The molecule has 0 fully saturated rings. The minimum atomic E-state index is -0.426.